The molecule has 2 heterocycles. The summed E-state index contributed by atoms with van der Waals surface area (Å²) in [5.74, 6) is 1.86. The van der Waals surface area contributed by atoms with Crippen LogP contribution in [0.15, 0.2) is 16.5 Å². The number of hydrogen-bond acceptors (Lipinski definition) is 4. The van der Waals surface area contributed by atoms with Gasteiger partial charge in [0.2, 0.25) is 5.91 Å². The molecule has 1 aliphatic rings. The Morgan fingerprint density at radius 2 is 2.38 bits per heavy atom. The number of aryl methyl sites for hydroxylation is 1. The van der Waals surface area contributed by atoms with Crippen LogP contribution in [-0.2, 0) is 16.0 Å². The van der Waals surface area contributed by atoms with Crippen LogP contribution in [0.2, 0.25) is 0 Å². The molecule has 1 aromatic heterocycles. The molecule has 0 bridgehead atoms. The summed E-state index contributed by atoms with van der Waals surface area (Å²) >= 11 is 0. The first-order valence-electron chi connectivity index (χ1n) is 7.75. The van der Waals surface area contributed by atoms with Gasteiger partial charge in [-0.1, -0.05) is 6.92 Å². The molecule has 1 unspecified atom stereocenters. The molecule has 1 aliphatic heterocycles. The SMILES string of the molecule is CCc1ccc(C(COC)NC(=O)[C@H]2CCN[C@@H](C)C2)o1. The molecular weight excluding hydrogens is 268 g/mol. The van der Waals surface area contributed by atoms with Gasteiger partial charge in [0, 0.05) is 25.5 Å². The second kappa shape index (κ2) is 7.61. The van der Waals surface area contributed by atoms with Crippen molar-refractivity contribution >= 4 is 5.91 Å². The van der Waals surface area contributed by atoms with Crippen LogP contribution >= 0.6 is 0 Å². The molecule has 1 saturated heterocycles. The Bertz CT molecular complexity index is 458. The van der Waals surface area contributed by atoms with Crippen LogP contribution in [0, 0.1) is 5.92 Å². The standard InChI is InChI=1S/C16H26N2O3/c1-4-13-5-6-15(21-13)14(10-20-3)18-16(19)12-7-8-17-11(2)9-12/h5-6,11-12,14,17H,4,7-10H2,1-3H3,(H,18,19)/t11-,12-,14?/m0/s1. The molecule has 1 amide bonds. The summed E-state index contributed by atoms with van der Waals surface area (Å²) in [5, 5.41) is 6.44. The van der Waals surface area contributed by atoms with Gasteiger partial charge in [-0.05, 0) is 38.4 Å². The normalized spacial score (nSPS) is 23.8. The maximum atomic E-state index is 12.4. The van der Waals surface area contributed by atoms with Crippen LogP contribution in [0.5, 0.6) is 0 Å². The Morgan fingerprint density at radius 1 is 1.57 bits per heavy atom. The molecule has 0 aromatic carbocycles. The molecule has 0 saturated carbocycles. The highest BCUT2D eigenvalue weighted by Crippen LogP contribution is 2.21. The van der Waals surface area contributed by atoms with E-state index < -0.39 is 0 Å². The fourth-order valence-corrected chi connectivity index (χ4v) is 2.79. The van der Waals surface area contributed by atoms with Crippen molar-refractivity contribution in [3.8, 4) is 0 Å². The molecule has 3 atom stereocenters. The number of nitrogens with one attached hydrogen (secondary N) is 2. The van der Waals surface area contributed by atoms with E-state index in [1.54, 1.807) is 7.11 Å². The third kappa shape index (κ3) is 4.32. The van der Waals surface area contributed by atoms with E-state index in [0.29, 0.717) is 12.6 Å². The summed E-state index contributed by atoms with van der Waals surface area (Å²) < 4.78 is 11.0. The Kier molecular flexibility index (Phi) is 5.82. The molecule has 21 heavy (non-hydrogen) atoms. The number of amides is 1. The van der Waals surface area contributed by atoms with Crippen molar-refractivity contribution in [2.45, 2.75) is 45.2 Å². The molecule has 2 rings (SSSR count). The third-order valence-corrected chi connectivity index (χ3v) is 4.02. The molecule has 1 fully saturated rings. The second-order valence-electron chi connectivity index (χ2n) is 5.75. The van der Waals surface area contributed by atoms with Crippen LogP contribution in [0.4, 0.5) is 0 Å². The highest BCUT2D eigenvalue weighted by atomic mass is 16.5. The zero-order valence-corrected chi connectivity index (χ0v) is 13.1. The van der Waals surface area contributed by atoms with E-state index in [1.165, 1.54) is 0 Å². The Balaban J connectivity index is 1.99. The molecule has 0 aliphatic carbocycles. The number of hydrogen-bond donors (Lipinski definition) is 2. The second-order valence-corrected chi connectivity index (χ2v) is 5.75. The summed E-state index contributed by atoms with van der Waals surface area (Å²) in [5.41, 5.74) is 0. The van der Waals surface area contributed by atoms with E-state index in [9.17, 15) is 4.79 Å². The average molecular weight is 294 g/mol. The summed E-state index contributed by atoms with van der Waals surface area (Å²) in [6.45, 7) is 5.48. The third-order valence-electron chi connectivity index (χ3n) is 4.02. The zero-order chi connectivity index (χ0) is 15.2. The van der Waals surface area contributed by atoms with Crippen LogP contribution in [0.25, 0.3) is 0 Å². The first kappa shape index (κ1) is 16.0. The van der Waals surface area contributed by atoms with Gasteiger partial charge >= 0.3 is 0 Å². The van der Waals surface area contributed by atoms with Gasteiger partial charge in [-0.15, -0.1) is 0 Å². The quantitative estimate of drug-likeness (QED) is 0.842. The average Bonchev–Trinajstić information content (AvgIpc) is 2.95. The Morgan fingerprint density at radius 3 is 3.00 bits per heavy atom. The van der Waals surface area contributed by atoms with Crippen LogP contribution in [0.3, 0.4) is 0 Å². The fraction of sp³-hybridized carbons (Fsp3) is 0.688. The first-order chi connectivity index (χ1) is 10.1. The number of ether oxygens (including phenoxy) is 1. The summed E-state index contributed by atoms with van der Waals surface area (Å²) in [7, 11) is 1.63. The van der Waals surface area contributed by atoms with E-state index in [-0.39, 0.29) is 17.9 Å². The lowest BCUT2D eigenvalue weighted by Gasteiger charge is -2.28. The Labute approximate surface area is 126 Å². The van der Waals surface area contributed by atoms with Gasteiger partial charge in [-0.3, -0.25) is 4.79 Å². The fourth-order valence-electron chi connectivity index (χ4n) is 2.79. The minimum Gasteiger partial charge on any atom is -0.464 e. The minimum atomic E-state index is -0.215. The first-order valence-corrected chi connectivity index (χ1v) is 7.75. The largest absolute Gasteiger partial charge is 0.464 e. The van der Waals surface area contributed by atoms with Gasteiger partial charge in [0.15, 0.2) is 0 Å². The molecule has 2 N–H and O–H groups in total. The van der Waals surface area contributed by atoms with Gasteiger partial charge in [-0.25, -0.2) is 0 Å². The van der Waals surface area contributed by atoms with Gasteiger partial charge in [0.05, 0.1) is 6.61 Å². The predicted octanol–water partition coefficient (Wildman–Crippen LogP) is 2.03. The van der Waals surface area contributed by atoms with Crippen LogP contribution < -0.4 is 10.6 Å². The monoisotopic (exact) mass is 294 g/mol. The van der Waals surface area contributed by atoms with Crippen molar-refractivity contribution in [1.29, 1.82) is 0 Å². The van der Waals surface area contributed by atoms with Crippen molar-refractivity contribution in [2.75, 3.05) is 20.3 Å². The number of furan rings is 1. The van der Waals surface area contributed by atoms with Crippen molar-refractivity contribution in [1.82, 2.24) is 10.6 Å². The van der Waals surface area contributed by atoms with E-state index in [2.05, 4.69) is 17.6 Å². The predicted molar refractivity (Wildman–Crippen MR) is 81.0 cm³/mol. The van der Waals surface area contributed by atoms with Crippen molar-refractivity contribution < 1.29 is 13.9 Å². The number of methoxy groups -OCH3 is 1. The molecular formula is C16H26N2O3. The highest BCUT2D eigenvalue weighted by Gasteiger charge is 2.27. The topological polar surface area (TPSA) is 63.5 Å². The number of carbonyl (C=O) groups is 1. The molecule has 118 valence electrons. The number of rotatable bonds is 6. The van der Waals surface area contributed by atoms with Gasteiger partial charge < -0.3 is 19.8 Å². The molecule has 0 spiro atoms. The summed E-state index contributed by atoms with van der Waals surface area (Å²) in [6.07, 6.45) is 2.61. The van der Waals surface area contributed by atoms with Gasteiger partial charge in [0.25, 0.3) is 0 Å². The maximum absolute atomic E-state index is 12.4. The summed E-state index contributed by atoms with van der Waals surface area (Å²) in [4.78, 5) is 12.4. The van der Waals surface area contributed by atoms with Crippen molar-refractivity contribution in [2.24, 2.45) is 5.92 Å². The smallest absolute Gasteiger partial charge is 0.223 e. The van der Waals surface area contributed by atoms with E-state index in [1.807, 2.05) is 19.1 Å². The van der Waals surface area contributed by atoms with Crippen LogP contribution in [0.1, 0.15) is 44.3 Å². The Hall–Kier alpha value is -1.33. The van der Waals surface area contributed by atoms with E-state index in [0.717, 1.165) is 37.3 Å². The van der Waals surface area contributed by atoms with Gasteiger partial charge in [-0.2, -0.15) is 0 Å². The van der Waals surface area contributed by atoms with Crippen molar-refractivity contribution in [3.63, 3.8) is 0 Å². The molecule has 1 aromatic rings. The summed E-state index contributed by atoms with van der Waals surface area (Å²) in [6, 6.07) is 4.06. The maximum Gasteiger partial charge on any atom is 0.223 e. The zero-order valence-electron chi connectivity index (χ0n) is 13.1. The van der Waals surface area contributed by atoms with E-state index >= 15 is 0 Å². The van der Waals surface area contributed by atoms with E-state index in [4.69, 9.17) is 9.15 Å². The molecule has 5 heteroatoms. The van der Waals surface area contributed by atoms with Gasteiger partial charge in [0.1, 0.15) is 17.6 Å². The molecule has 5 nitrogen and oxygen atoms in total. The van der Waals surface area contributed by atoms with Crippen LogP contribution in [-0.4, -0.2) is 32.2 Å². The minimum absolute atomic E-state index is 0.0706. The lowest BCUT2D eigenvalue weighted by Crippen LogP contribution is -2.43. The highest BCUT2D eigenvalue weighted by molar-refractivity contribution is 5.79. The lowest BCUT2D eigenvalue weighted by molar-refractivity contribution is -0.127. The lowest BCUT2D eigenvalue weighted by atomic mass is 9.92. The number of piperidine rings is 1. The number of carbonyl (C=O) groups excluding carboxylic acids is 1. The molecule has 0 radical (unpaired) electrons. The van der Waals surface area contributed by atoms with Crippen molar-refractivity contribution in [3.05, 3.63) is 23.7 Å².